The van der Waals surface area contributed by atoms with Crippen LogP contribution in [0.15, 0.2) is 36.5 Å². The van der Waals surface area contributed by atoms with Gasteiger partial charge in [-0.25, -0.2) is 0 Å². The molecule has 1 aromatic carbocycles. The lowest BCUT2D eigenvalue weighted by atomic mass is 10.1. The minimum absolute atomic E-state index is 0.00710. The molecule has 0 fully saturated rings. The molecule has 1 heterocycles. The molecule has 2 aromatic rings. The van der Waals surface area contributed by atoms with Crippen molar-refractivity contribution in [2.24, 2.45) is 0 Å². The average molecular weight is 230 g/mol. The van der Waals surface area contributed by atoms with Gasteiger partial charge in [0.25, 0.3) is 0 Å². The largest absolute Gasteiger partial charge is 0.392 e. The number of aliphatic hydroxyl groups is 1. The fourth-order valence-electron chi connectivity index (χ4n) is 1.68. The van der Waals surface area contributed by atoms with E-state index >= 15 is 0 Å². The van der Waals surface area contributed by atoms with Gasteiger partial charge in [0.2, 0.25) is 0 Å². The molecule has 0 saturated heterocycles. The smallest absolute Gasteiger partial charge is 0.0923 e. The zero-order valence-corrected chi connectivity index (χ0v) is 10.5. The van der Waals surface area contributed by atoms with E-state index in [-0.39, 0.29) is 12.1 Å². The van der Waals surface area contributed by atoms with Crippen molar-refractivity contribution in [2.75, 3.05) is 0 Å². The summed E-state index contributed by atoms with van der Waals surface area (Å²) in [4.78, 5) is 0. The minimum Gasteiger partial charge on any atom is -0.392 e. The zero-order valence-electron chi connectivity index (χ0n) is 10.5. The average Bonchev–Trinajstić information content (AvgIpc) is 2.78. The number of hydrogen-bond acceptors (Lipinski definition) is 2. The second kappa shape index (κ2) is 4.34. The third-order valence-corrected chi connectivity index (χ3v) is 2.68. The summed E-state index contributed by atoms with van der Waals surface area (Å²) in [6.45, 7) is 6.42. The zero-order chi connectivity index (χ0) is 12.5. The maximum absolute atomic E-state index is 9.12. The Hall–Kier alpha value is -1.61. The first kappa shape index (κ1) is 11.9. The van der Waals surface area contributed by atoms with Crippen molar-refractivity contribution in [2.45, 2.75) is 32.9 Å². The third-order valence-electron chi connectivity index (χ3n) is 2.68. The minimum atomic E-state index is -0.00710. The van der Waals surface area contributed by atoms with Crippen molar-refractivity contribution in [3.05, 3.63) is 42.1 Å². The van der Waals surface area contributed by atoms with Crippen molar-refractivity contribution in [1.29, 1.82) is 0 Å². The van der Waals surface area contributed by atoms with E-state index < -0.39 is 0 Å². The monoisotopic (exact) mass is 230 g/mol. The predicted molar refractivity (Wildman–Crippen MR) is 68.6 cm³/mol. The molecule has 0 radical (unpaired) electrons. The van der Waals surface area contributed by atoms with E-state index in [1.807, 2.05) is 41.2 Å². The van der Waals surface area contributed by atoms with E-state index in [2.05, 4.69) is 25.9 Å². The predicted octanol–water partition coefficient (Wildman–Crippen LogP) is 2.80. The molecule has 0 bridgehead atoms. The molecule has 0 aliphatic rings. The summed E-state index contributed by atoms with van der Waals surface area (Å²) >= 11 is 0. The highest BCUT2D eigenvalue weighted by Crippen LogP contribution is 2.21. The maximum atomic E-state index is 9.12. The van der Waals surface area contributed by atoms with Crippen molar-refractivity contribution >= 4 is 0 Å². The Balaban J connectivity index is 2.37. The Morgan fingerprint density at radius 3 is 2.59 bits per heavy atom. The van der Waals surface area contributed by atoms with Crippen LogP contribution in [-0.2, 0) is 12.1 Å². The Kier molecular flexibility index (Phi) is 3.03. The number of hydrogen-bond donors (Lipinski definition) is 1. The van der Waals surface area contributed by atoms with E-state index in [1.165, 1.54) is 0 Å². The van der Waals surface area contributed by atoms with E-state index in [0.717, 1.165) is 16.8 Å². The van der Waals surface area contributed by atoms with Crippen LogP contribution < -0.4 is 0 Å². The summed E-state index contributed by atoms with van der Waals surface area (Å²) < 4.78 is 1.95. The van der Waals surface area contributed by atoms with Crippen LogP contribution in [0.5, 0.6) is 0 Å². The van der Waals surface area contributed by atoms with Crippen LogP contribution in [0, 0.1) is 0 Å². The molecule has 90 valence electrons. The fraction of sp³-hybridized carbons (Fsp3) is 0.357. The van der Waals surface area contributed by atoms with Crippen molar-refractivity contribution in [1.82, 2.24) is 9.78 Å². The molecule has 0 atom stereocenters. The molecule has 0 aliphatic heterocycles. The number of nitrogens with zero attached hydrogens (tertiary/aromatic N) is 2. The van der Waals surface area contributed by atoms with Gasteiger partial charge in [0.05, 0.1) is 17.8 Å². The summed E-state index contributed by atoms with van der Waals surface area (Å²) in [5.74, 6) is 0. The van der Waals surface area contributed by atoms with Crippen molar-refractivity contribution in [3.8, 4) is 11.3 Å². The van der Waals surface area contributed by atoms with Crippen LogP contribution in [0.2, 0.25) is 0 Å². The summed E-state index contributed by atoms with van der Waals surface area (Å²) in [5, 5.41) is 13.7. The van der Waals surface area contributed by atoms with E-state index in [1.54, 1.807) is 0 Å². The molecule has 0 amide bonds. The molecule has 0 saturated carbocycles. The van der Waals surface area contributed by atoms with Crippen LogP contribution in [0.25, 0.3) is 11.3 Å². The van der Waals surface area contributed by atoms with Crippen molar-refractivity contribution in [3.63, 3.8) is 0 Å². The summed E-state index contributed by atoms with van der Waals surface area (Å²) in [5.41, 5.74) is 2.88. The molecule has 0 spiro atoms. The molecule has 1 N–H and O–H groups in total. The van der Waals surface area contributed by atoms with Crippen LogP contribution >= 0.6 is 0 Å². The summed E-state index contributed by atoms with van der Waals surface area (Å²) in [6.07, 6.45) is 1.99. The van der Waals surface area contributed by atoms with Gasteiger partial charge in [-0.2, -0.15) is 5.10 Å². The first-order chi connectivity index (χ1) is 8.00. The van der Waals surface area contributed by atoms with Gasteiger partial charge in [-0.1, -0.05) is 18.2 Å². The standard InChI is InChI=1S/C14H18N2O/c1-14(2,3)16-8-7-13(15-16)12-6-4-5-11(9-12)10-17/h4-9,17H,10H2,1-3H3. The Morgan fingerprint density at radius 1 is 1.24 bits per heavy atom. The van der Waals surface area contributed by atoms with Gasteiger partial charge in [-0.3, -0.25) is 4.68 Å². The highest BCUT2D eigenvalue weighted by Gasteiger charge is 2.14. The lowest BCUT2D eigenvalue weighted by molar-refractivity contribution is 0.282. The number of benzene rings is 1. The van der Waals surface area contributed by atoms with Crippen LogP contribution in [0.3, 0.4) is 0 Å². The molecular weight excluding hydrogens is 212 g/mol. The first-order valence-electron chi connectivity index (χ1n) is 5.77. The summed E-state index contributed by atoms with van der Waals surface area (Å²) in [7, 11) is 0. The van der Waals surface area contributed by atoms with Gasteiger partial charge in [0, 0.05) is 11.8 Å². The number of aliphatic hydroxyl groups excluding tert-OH is 1. The van der Waals surface area contributed by atoms with Gasteiger partial charge in [0.1, 0.15) is 0 Å². The van der Waals surface area contributed by atoms with Gasteiger partial charge in [-0.05, 0) is 38.5 Å². The molecule has 17 heavy (non-hydrogen) atoms. The highest BCUT2D eigenvalue weighted by atomic mass is 16.3. The third kappa shape index (κ3) is 2.56. The highest BCUT2D eigenvalue weighted by molar-refractivity contribution is 5.59. The lowest BCUT2D eigenvalue weighted by Crippen LogP contribution is -2.22. The SMILES string of the molecule is CC(C)(C)n1ccc(-c2cccc(CO)c2)n1. The van der Waals surface area contributed by atoms with Gasteiger partial charge >= 0.3 is 0 Å². The number of aromatic nitrogens is 2. The second-order valence-corrected chi connectivity index (χ2v) is 5.17. The van der Waals surface area contributed by atoms with E-state index in [0.29, 0.717) is 0 Å². The van der Waals surface area contributed by atoms with Gasteiger partial charge in [-0.15, -0.1) is 0 Å². The van der Waals surface area contributed by atoms with E-state index in [4.69, 9.17) is 5.11 Å². The molecule has 3 heteroatoms. The van der Waals surface area contributed by atoms with E-state index in [9.17, 15) is 0 Å². The van der Waals surface area contributed by atoms with Crippen LogP contribution in [0.4, 0.5) is 0 Å². The molecule has 0 unspecified atom stereocenters. The first-order valence-corrected chi connectivity index (χ1v) is 5.77. The van der Waals surface area contributed by atoms with Crippen LogP contribution in [0.1, 0.15) is 26.3 Å². The van der Waals surface area contributed by atoms with Crippen molar-refractivity contribution < 1.29 is 5.11 Å². The molecular formula is C14H18N2O. The molecule has 2 rings (SSSR count). The van der Waals surface area contributed by atoms with Gasteiger partial charge < -0.3 is 5.11 Å². The van der Waals surface area contributed by atoms with Gasteiger partial charge in [0.15, 0.2) is 0 Å². The maximum Gasteiger partial charge on any atom is 0.0923 e. The van der Waals surface area contributed by atoms with Crippen LogP contribution in [-0.4, -0.2) is 14.9 Å². The lowest BCUT2D eigenvalue weighted by Gasteiger charge is -2.18. The Bertz CT molecular complexity index is 509. The number of rotatable bonds is 2. The fourth-order valence-corrected chi connectivity index (χ4v) is 1.68. The summed E-state index contributed by atoms with van der Waals surface area (Å²) in [6, 6.07) is 9.83. The molecule has 1 aromatic heterocycles. The Labute approximate surface area is 102 Å². The quantitative estimate of drug-likeness (QED) is 0.861. The topological polar surface area (TPSA) is 38.0 Å². The molecule has 3 nitrogen and oxygen atoms in total. The molecule has 0 aliphatic carbocycles. The normalized spacial score (nSPS) is 11.8. The second-order valence-electron chi connectivity index (χ2n) is 5.17. The Morgan fingerprint density at radius 2 is 2.00 bits per heavy atom.